The molecule has 2 heterocycles. The van der Waals surface area contributed by atoms with Gasteiger partial charge >= 0.3 is 0 Å². The number of benzene rings is 5. The molecule has 0 amide bonds. The van der Waals surface area contributed by atoms with E-state index >= 15 is 0 Å². The lowest BCUT2D eigenvalue weighted by molar-refractivity contribution is 0.834. The third kappa shape index (κ3) is 6.19. The van der Waals surface area contributed by atoms with E-state index in [1.807, 2.05) is 12.1 Å². The van der Waals surface area contributed by atoms with Crippen LogP contribution in [0.4, 0.5) is 0 Å². The number of para-hydroxylation sites is 1. The van der Waals surface area contributed by atoms with Crippen molar-refractivity contribution in [3.63, 3.8) is 0 Å². The fourth-order valence-corrected chi connectivity index (χ4v) is 6.99. The van der Waals surface area contributed by atoms with Gasteiger partial charge in [-0.1, -0.05) is 122 Å². The molecule has 0 aliphatic rings. The topological polar surface area (TPSA) is 30.7 Å². The van der Waals surface area contributed by atoms with Crippen LogP contribution in [0.2, 0.25) is 0 Å². The van der Waals surface area contributed by atoms with Crippen molar-refractivity contribution < 1.29 is 0 Å². The normalized spacial score (nSPS) is 12.0. The molecule has 2 aromatic heterocycles. The molecule has 0 saturated carbocycles. The Bertz CT molecular complexity index is 2110. The Balaban J connectivity index is 1.52. The summed E-state index contributed by atoms with van der Waals surface area (Å²) < 4.78 is 2.41. The van der Waals surface area contributed by atoms with Crippen molar-refractivity contribution in [2.24, 2.45) is 0 Å². The molecule has 7 rings (SSSR count). The lowest BCUT2D eigenvalue weighted by atomic mass is 9.90. The van der Waals surface area contributed by atoms with E-state index in [4.69, 9.17) is 0 Å². The molecule has 7 aromatic rings. The standard InChI is InChI=1S/C46H47N3/c1-28(2)34-20-35(29(3)4)23-38(22-34)32-15-17-45-41(26-32)42-27-33(39-24-36(30(5)6)21-37(25-39)31(7)8)16-18-46(42)49(45)44-14-10-9-12-40(44)43-13-11-19-47-48-43/h9-31H,1-8H3. The molecule has 49 heavy (non-hydrogen) atoms. The van der Waals surface area contributed by atoms with Crippen LogP contribution >= 0.6 is 0 Å². The third-order valence-electron chi connectivity index (χ3n) is 10.0. The van der Waals surface area contributed by atoms with Gasteiger partial charge in [0.25, 0.3) is 0 Å². The van der Waals surface area contributed by atoms with E-state index in [-0.39, 0.29) is 0 Å². The molecule has 3 nitrogen and oxygen atoms in total. The molecule has 0 aliphatic heterocycles. The Morgan fingerprint density at radius 3 is 1.35 bits per heavy atom. The van der Waals surface area contributed by atoms with E-state index in [1.54, 1.807) is 6.20 Å². The van der Waals surface area contributed by atoms with Gasteiger partial charge in [-0.15, -0.1) is 0 Å². The molecule has 0 fully saturated rings. The minimum Gasteiger partial charge on any atom is -0.309 e. The van der Waals surface area contributed by atoms with Gasteiger partial charge < -0.3 is 4.57 Å². The summed E-state index contributed by atoms with van der Waals surface area (Å²) >= 11 is 0. The fraction of sp³-hybridized carbons (Fsp3) is 0.261. The van der Waals surface area contributed by atoms with Gasteiger partial charge in [-0.05, 0) is 111 Å². The Kier molecular flexibility index (Phi) is 8.71. The Morgan fingerprint density at radius 1 is 0.449 bits per heavy atom. The average molecular weight is 642 g/mol. The van der Waals surface area contributed by atoms with E-state index in [9.17, 15) is 0 Å². The molecule has 3 heteroatoms. The van der Waals surface area contributed by atoms with E-state index in [1.165, 1.54) is 66.3 Å². The molecular formula is C46H47N3. The second-order valence-corrected chi connectivity index (χ2v) is 14.8. The highest BCUT2D eigenvalue weighted by Gasteiger charge is 2.19. The maximum absolute atomic E-state index is 4.51. The van der Waals surface area contributed by atoms with Crippen molar-refractivity contribution in [3.05, 3.63) is 138 Å². The van der Waals surface area contributed by atoms with Gasteiger partial charge in [0.1, 0.15) is 0 Å². The van der Waals surface area contributed by atoms with Crippen LogP contribution in [0.5, 0.6) is 0 Å². The lowest BCUT2D eigenvalue weighted by Gasteiger charge is -2.15. The molecule has 0 radical (unpaired) electrons. The van der Waals surface area contributed by atoms with Crippen LogP contribution < -0.4 is 0 Å². The first-order chi connectivity index (χ1) is 23.6. The number of rotatable bonds is 8. The number of aromatic nitrogens is 3. The van der Waals surface area contributed by atoms with E-state index < -0.39 is 0 Å². The number of fused-ring (bicyclic) bond motifs is 3. The summed E-state index contributed by atoms with van der Waals surface area (Å²) in [6.45, 7) is 18.3. The maximum atomic E-state index is 4.51. The Labute approximate surface area is 291 Å². The van der Waals surface area contributed by atoms with Gasteiger partial charge in [-0.2, -0.15) is 10.2 Å². The smallest absolute Gasteiger partial charge is 0.0950 e. The highest BCUT2D eigenvalue weighted by atomic mass is 15.1. The molecule has 0 aliphatic carbocycles. The summed E-state index contributed by atoms with van der Waals surface area (Å²) in [4.78, 5) is 0. The minimum atomic E-state index is 0.459. The number of nitrogens with zero attached hydrogens (tertiary/aromatic N) is 3. The minimum absolute atomic E-state index is 0.459. The second-order valence-electron chi connectivity index (χ2n) is 14.8. The summed E-state index contributed by atoms with van der Waals surface area (Å²) in [5.41, 5.74) is 15.9. The van der Waals surface area contributed by atoms with Gasteiger partial charge in [-0.3, -0.25) is 0 Å². The second kappa shape index (κ2) is 13.1. The van der Waals surface area contributed by atoms with Crippen LogP contribution in [0, 0.1) is 0 Å². The van der Waals surface area contributed by atoms with Crippen LogP contribution in [0.25, 0.3) is 61.0 Å². The molecule has 0 atom stereocenters. The van der Waals surface area contributed by atoms with Gasteiger partial charge in [0.15, 0.2) is 0 Å². The molecule has 0 unspecified atom stereocenters. The zero-order valence-corrected chi connectivity index (χ0v) is 30.1. The monoisotopic (exact) mass is 641 g/mol. The van der Waals surface area contributed by atoms with Crippen molar-refractivity contribution in [2.75, 3.05) is 0 Å². The number of hydrogen-bond acceptors (Lipinski definition) is 2. The van der Waals surface area contributed by atoms with Gasteiger partial charge in [0, 0.05) is 22.5 Å². The van der Waals surface area contributed by atoms with Crippen LogP contribution in [-0.2, 0) is 0 Å². The van der Waals surface area contributed by atoms with Crippen LogP contribution in [0.15, 0.2) is 115 Å². The molecule has 0 saturated heterocycles. The van der Waals surface area contributed by atoms with E-state index in [0.29, 0.717) is 23.7 Å². The summed E-state index contributed by atoms with van der Waals surface area (Å²) in [5, 5.41) is 11.2. The highest BCUT2D eigenvalue weighted by molar-refractivity contribution is 6.12. The van der Waals surface area contributed by atoms with Crippen molar-refractivity contribution in [1.29, 1.82) is 0 Å². The highest BCUT2D eigenvalue weighted by Crippen LogP contribution is 2.40. The maximum Gasteiger partial charge on any atom is 0.0950 e. The van der Waals surface area contributed by atoms with Gasteiger partial charge in [0.2, 0.25) is 0 Å². The molecule has 5 aromatic carbocycles. The largest absolute Gasteiger partial charge is 0.309 e. The van der Waals surface area contributed by atoms with Crippen molar-refractivity contribution >= 4 is 21.8 Å². The van der Waals surface area contributed by atoms with Gasteiger partial charge in [-0.25, -0.2) is 0 Å². The fourth-order valence-electron chi connectivity index (χ4n) is 6.99. The van der Waals surface area contributed by atoms with Crippen molar-refractivity contribution in [1.82, 2.24) is 14.8 Å². The first-order valence-corrected chi connectivity index (χ1v) is 17.8. The summed E-state index contributed by atoms with van der Waals surface area (Å²) in [5.74, 6) is 1.84. The lowest BCUT2D eigenvalue weighted by Crippen LogP contribution is -1.98. The summed E-state index contributed by atoms with van der Waals surface area (Å²) in [6.07, 6.45) is 1.73. The third-order valence-corrected chi connectivity index (χ3v) is 10.0. The summed E-state index contributed by atoms with van der Waals surface area (Å²) in [7, 11) is 0. The zero-order valence-electron chi connectivity index (χ0n) is 30.1. The zero-order chi connectivity index (χ0) is 34.4. The molecular weight excluding hydrogens is 595 g/mol. The first-order valence-electron chi connectivity index (χ1n) is 17.8. The van der Waals surface area contributed by atoms with E-state index in [0.717, 1.165) is 16.9 Å². The quantitative estimate of drug-likeness (QED) is 0.165. The van der Waals surface area contributed by atoms with E-state index in [2.05, 4.69) is 167 Å². The molecule has 0 bridgehead atoms. The average Bonchev–Trinajstić information content (AvgIpc) is 3.44. The van der Waals surface area contributed by atoms with Crippen molar-refractivity contribution in [3.8, 4) is 39.2 Å². The molecule has 0 spiro atoms. The molecule has 246 valence electrons. The van der Waals surface area contributed by atoms with Crippen LogP contribution in [0.3, 0.4) is 0 Å². The van der Waals surface area contributed by atoms with Crippen LogP contribution in [-0.4, -0.2) is 14.8 Å². The van der Waals surface area contributed by atoms with Crippen LogP contribution in [0.1, 0.15) is 101 Å². The Hall–Kier alpha value is -5.02. The molecule has 0 N–H and O–H groups in total. The van der Waals surface area contributed by atoms with Gasteiger partial charge in [0.05, 0.1) is 22.4 Å². The summed E-state index contributed by atoms with van der Waals surface area (Å²) in [6, 6.07) is 40.9. The Morgan fingerprint density at radius 2 is 0.918 bits per heavy atom. The predicted octanol–water partition coefficient (Wildman–Crippen LogP) is 13.1. The number of hydrogen-bond donors (Lipinski definition) is 0. The van der Waals surface area contributed by atoms with Crippen molar-refractivity contribution in [2.45, 2.75) is 79.1 Å². The predicted molar refractivity (Wildman–Crippen MR) is 209 cm³/mol. The SMILES string of the molecule is CC(C)c1cc(-c2ccc3c(c2)c2cc(-c4cc(C(C)C)cc(C(C)C)c4)ccc2n3-c2ccccc2-c2cccnn2)cc(C(C)C)c1. The first kappa shape index (κ1) is 32.5.